The third-order valence-corrected chi connectivity index (χ3v) is 5.05. The minimum atomic E-state index is -0.0747. The van der Waals surface area contributed by atoms with E-state index in [1.807, 2.05) is 28.0 Å². The summed E-state index contributed by atoms with van der Waals surface area (Å²) in [5.74, 6) is 0.355. The SMILES string of the molecule is O=C(c1ccc[nH]1)N1C[C@H]2CCN(Cc3cccnc3)C(=O)[C@H]2C1. The van der Waals surface area contributed by atoms with Crippen molar-refractivity contribution in [3.05, 3.63) is 54.1 Å². The maximum Gasteiger partial charge on any atom is 0.270 e. The van der Waals surface area contributed by atoms with Crippen LogP contribution < -0.4 is 0 Å². The summed E-state index contributed by atoms with van der Waals surface area (Å²) < 4.78 is 0. The van der Waals surface area contributed by atoms with Gasteiger partial charge in [-0.05, 0) is 36.1 Å². The van der Waals surface area contributed by atoms with E-state index in [9.17, 15) is 9.59 Å². The van der Waals surface area contributed by atoms with E-state index >= 15 is 0 Å². The first-order valence-electron chi connectivity index (χ1n) is 8.33. The van der Waals surface area contributed by atoms with E-state index in [2.05, 4.69) is 9.97 Å². The maximum absolute atomic E-state index is 12.8. The van der Waals surface area contributed by atoms with Gasteiger partial charge in [-0.25, -0.2) is 0 Å². The highest BCUT2D eigenvalue weighted by atomic mass is 16.2. The molecule has 4 heterocycles. The lowest BCUT2D eigenvalue weighted by Crippen LogP contribution is -2.44. The van der Waals surface area contributed by atoms with Crippen LogP contribution in [0.2, 0.25) is 0 Å². The normalized spacial score (nSPS) is 23.4. The van der Waals surface area contributed by atoms with Crippen molar-refractivity contribution in [2.45, 2.75) is 13.0 Å². The number of carbonyl (C=O) groups is 2. The number of hydrogen-bond acceptors (Lipinski definition) is 3. The molecule has 2 aliphatic heterocycles. The molecular weight excluding hydrogens is 304 g/mol. The van der Waals surface area contributed by atoms with Gasteiger partial charge in [0.2, 0.25) is 5.91 Å². The first kappa shape index (κ1) is 14.9. The monoisotopic (exact) mass is 324 g/mol. The zero-order chi connectivity index (χ0) is 16.5. The van der Waals surface area contributed by atoms with Crippen molar-refractivity contribution in [1.82, 2.24) is 19.8 Å². The quantitative estimate of drug-likeness (QED) is 0.931. The molecule has 0 spiro atoms. The van der Waals surface area contributed by atoms with Gasteiger partial charge in [-0.3, -0.25) is 14.6 Å². The predicted molar refractivity (Wildman–Crippen MR) is 87.9 cm³/mol. The van der Waals surface area contributed by atoms with Crippen molar-refractivity contribution in [2.24, 2.45) is 11.8 Å². The number of nitrogens with zero attached hydrogens (tertiary/aromatic N) is 3. The first-order valence-corrected chi connectivity index (χ1v) is 8.33. The van der Waals surface area contributed by atoms with Crippen LogP contribution in [0.5, 0.6) is 0 Å². The minimum absolute atomic E-state index is 0.0130. The number of aromatic nitrogens is 2. The highest BCUT2D eigenvalue weighted by molar-refractivity contribution is 5.93. The summed E-state index contributed by atoms with van der Waals surface area (Å²) in [5, 5.41) is 0. The molecule has 6 heteroatoms. The van der Waals surface area contributed by atoms with Gasteiger partial charge in [0.25, 0.3) is 5.91 Å². The summed E-state index contributed by atoms with van der Waals surface area (Å²) in [7, 11) is 0. The number of aromatic amines is 1. The first-order chi connectivity index (χ1) is 11.7. The smallest absolute Gasteiger partial charge is 0.270 e. The van der Waals surface area contributed by atoms with Gasteiger partial charge in [-0.15, -0.1) is 0 Å². The Morgan fingerprint density at radius 3 is 2.96 bits per heavy atom. The number of nitrogens with one attached hydrogen (secondary N) is 1. The van der Waals surface area contributed by atoms with E-state index in [1.54, 1.807) is 24.7 Å². The second kappa shape index (κ2) is 6.11. The molecule has 6 nitrogen and oxygen atoms in total. The van der Waals surface area contributed by atoms with E-state index in [1.165, 1.54) is 0 Å². The molecule has 2 aromatic heterocycles. The fourth-order valence-electron chi connectivity index (χ4n) is 3.78. The number of carbonyl (C=O) groups excluding carboxylic acids is 2. The van der Waals surface area contributed by atoms with Crippen LogP contribution in [0.1, 0.15) is 22.5 Å². The fourth-order valence-corrected chi connectivity index (χ4v) is 3.78. The molecule has 24 heavy (non-hydrogen) atoms. The van der Waals surface area contributed by atoms with Gasteiger partial charge in [0.1, 0.15) is 5.69 Å². The molecule has 2 aromatic rings. The predicted octanol–water partition coefficient (Wildman–Crippen LogP) is 1.53. The third-order valence-electron chi connectivity index (χ3n) is 5.05. The maximum atomic E-state index is 12.8. The van der Waals surface area contributed by atoms with Crippen LogP contribution >= 0.6 is 0 Å². The van der Waals surface area contributed by atoms with Crippen LogP contribution in [-0.4, -0.2) is 51.2 Å². The molecule has 0 aliphatic carbocycles. The number of amides is 2. The largest absolute Gasteiger partial charge is 0.357 e. The van der Waals surface area contributed by atoms with Gasteiger partial charge in [0.15, 0.2) is 0 Å². The van der Waals surface area contributed by atoms with E-state index in [-0.39, 0.29) is 23.7 Å². The van der Waals surface area contributed by atoms with Gasteiger partial charge in [0.05, 0.1) is 5.92 Å². The van der Waals surface area contributed by atoms with Gasteiger partial charge < -0.3 is 14.8 Å². The molecule has 4 rings (SSSR count). The highest BCUT2D eigenvalue weighted by Crippen LogP contribution is 2.33. The van der Waals surface area contributed by atoms with Crippen LogP contribution in [0.25, 0.3) is 0 Å². The molecule has 2 atom stereocenters. The van der Waals surface area contributed by atoms with Crippen molar-refractivity contribution >= 4 is 11.8 Å². The lowest BCUT2D eigenvalue weighted by Gasteiger charge is -2.33. The summed E-state index contributed by atoms with van der Waals surface area (Å²) in [4.78, 5) is 36.1. The number of likely N-dealkylation sites (tertiary alicyclic amines) is 2. The molecule has 2 saturated heterocycles. The third kappa shape index (κ3) is 2.68. The van der Waals surface area contributed by atoms with Crippen molar-refractivity contribution in [2.75, 3.05) is 19.6 Å². The van der Waals surface area contributed by atoms with Gasteiger partial charge in [0, 0.05) is 44.8 Å². The minimum Gasteiger partial charge on any atom is -0.357 e. The van der Waals surface area contributed by atoms with Crippen molar-refractivity contribution in [3.63, 3.8) is 0 Å². The Kier molecular flexibility index (Phi) is 3.80. The Morgan fingerprint density at radius 2 is 2.21 bits per heavy atom. The Bertz CT molecular complexity index is 729. The zero-order valence-corrected chi connectivity index (χ0v) is 13.4. The Labute approximate surface area is 140 Å². The summed E-state index contributed by atoms with van der Waals surface area (Å²) in [5.41, 5.74) is 1.63. The Hall–Kier alpha value is -2.63. The average Bonchev–Trinajstić information content (AvgIpc) is 3.27. The van der Waals surface area contributed by atoms with E-state index in [0.29, 0.717) is 25.3 Å². The molecule has 2 amide bonds. The van der Waals surface area contributed by atoms with Crippen molar-refractivity contribution in [3.8, 4) is 0 Å². The molecule has 0 unspecified atom stereocenters. The van der Waals surface area contributed by atoms with Crippen LogP contribution in [0.3, 0.4) is 0 Å². The molecule has 2 aliphatic rings. The van der Waals surface area contributed by atoms with Gasteiger partial charge >= 0.3 is 0 Å². The summed E-state index contributed by atoms with van der Waals surface area (Å²) in [6.07, 6.45) is 6.23. The standard InChI is InChI=1S/C18H20N4O2/c23-17-15-12-22(18(24)16-4-2-7-20-16)11-14(15)5-8-21(17)10-13-3-1-6-19-9-13/h1-4,6-7,9,14-15,20H,5,8,10-12H2/t14-,15+/m1/s1. The molecule has 0 radical (unpaired) electrons. The van der Waals surface area contributed by atoms with Gasteiger partial charge in [-0.1, -0.05) is 6.07 Å². The second-order valence-electron chi connectivity index (χ2n) is 6.57. The van der Waals surface area contributed by atoms with Crippen molar-refractivity contribution < 1.29 is 9.59 Å². The number of piperidine rings is 1. The molecule has 2 fully saturated rings. The van der Waals surface area contributed by atoms with E-state index in [0.717, 1.165) is 18.5 Å². The molecule has 0 saturated carbocycles. The number of pyridine rings is 1. The summed E-state index contributed by atoms with van der Waals surface area (Å²) in [6, 6.07) is 7.47. The Morgan fingerprint density at radius 1 is 1.29 bits per heavy atom. The molecule has 0 aromatic carbocycles. The summed E-state index contributed by atoms with van der Waals surface area (Å²) >= 11 is 0. The lowest BCUT2D eigenvalue weighted by atomic mass is 9.88. The molecule has 0 bridgehead atoms. The molecular formula is C18H20N4O2. The van der Waals surface area contributed by atoms with Crippen LogP contribution in [-0.2, 0) is 11.3 Å². The Balaban J connectivity index is 1.44. The van der Waals surface area contributed by atoms with Gasteiger partial charge in [-0.2, -0.15) is 0 Å². The molecule has 1 N–H and O–H groups in total. The van der Waals surface area contributed by atoms with Crippen LogP contribution in [0, 0.1) is 11.8 Å². The van der Waals surface area contributed by atoms with Crippen molar-refractivity contribution in [1.29, 1.82) is 0 Å². The summed E-state index contributed by atoms with van der Waals surface area (Å²) in [6.45, 7) is 2.54. The zero-order valence-electron chi connectivity index (χ0n) is 13.4. The second-order valence-corrected chi connectivity index (χ2v) is 6.57. The number of rotatable bonds is 3. The van der Waals surface area contributed by atoms with E-state index in [4.69, 9.17) is 0 Å². The number of fused-ring (bicyclic) bond motifs is 1. The highest BCUT2D eigenvalue weighted by Gasteiger charge is 2.44. The number of H-pyrrole nitrogens is 1. The average molecular weight is 324 g/mol. The topological polar surface area (TPSA) is 69.3 Å². The van der Waals surface area contributed by atoms with Crippen LogP contribution in [0.4, 0.5) is 0 Å². The molecule has 124 valence electrons. The number of hydrogen-bond donors (Lipinski definition) is 1. The van der Waals surface area contributed by atoms with E-state index < -0.39 is 0 Å². The lowest BCUT2D eigenvalue weighted by molar-refractivity contribution is -0.140. The van der Waals surface area contributed by atoms with Crippen LogP contribution in [0.15, 0.2) is 42.9 Å². The fraction of sp³-hybridized carbons (Fsp3) is 0.389.